The van der Waals surface area contributed by atoms with Gasteiger partial charge in [-0.2, -0.15) is 0 Å². The van der Waals surface area contributed by atoms with E-state index < -0.39 is 10.0 Å². The van der Waals surface area contributed by atoms with Gasteiger partial charge in [0.05, 0.1) is 6.26 Å². The predicted molar refractivity (Wildman–Crippen MR) is 65.7 cm³/mol. The fourth-order valence-corrected chi connectivity index (χ4v) is 1.82. The molecule has 1 N–H and O–H groups in total. The highest BCUT2D eigenvalue weighted by molar-refractivity contribution is 7.92. The highest BCUT2D eigenvalue weighted by Crippen LogP contribution is 2.23. The Morgan fingerprint density at radius 2 is 1.60 bits per heavy atom. The summed E-state index contributed by atoms with van der Waals surface area (Å²) in [7, 11) is -3.18. The van der Waals surface area contributed by atoms with Gasteiger partial charge in [0.25, 0.3) is 0 Å². The van der Waals surface area contributed by atoms with Crippen LogP contribution in [-0.2, 0) is 15.4 Å². The van der Waals surface area contributed by atoms with Crippen LogP contribution in [0.25, 0.3) is 0 Å². The summed E-state index contributed by atoms with van der Waals surface area (Å²) in [6.45, 7) is 6.35. The van der Waals surface area contributed by atoms with E-state index in [4.69, 9.17) is 0 Å². The maximum Gasteiger partial charge on any atom is 0.229 e. The molecule has 86 valence electrons. The molecule has 0 aromatic heterocycles. The third kappa shape index (κ3) is 3.91. The summed E-state index contributed by atoms with van der Waals surface area (Å²) in [5.74, 6) is 0. The van der Waals surface area contributed by atoms with Crippen molar-refractivity contribution in [1.82, 2.24) is 0 Å². The smallest absolute Gasteiger partial charge is 0.229 e. The topological polar surface area (TPSA) is 46.2 Å². The average molecular weight is 229 g/mol. The van der Waals surface area contributed by atoms with Crippen LogP contribution in [0.3, 0.4) is 0 Å². The highest BCUT2D eigenvalue weighted by Gasteiger charge is 2.13. The predicted octanol–water partition coefficient (Wildman–Crippen LogP) is 2.60. The van der Waals surface area contributed by atoms with E-state index in [0.29, 0.717) is 5.69 Å². The van der Waals surface area contributed by atoms with Crippen molar-refractivity contribution in [2.24, 2.45) is 0 Å². The molecule has 0 spiro atoms. The number of hydrogen-bond donors (Lipinski definition) is 1. The zero-order chi connectivity index (χ0) is 11.7. The Kier molecular flexibility index (Phi) is 3.09. The lowest BCUT2D eigenvalue weighted by Gasteiger charge is -2.19. The number of sulfonamides is 1. The molecule has 1 rings (SSSR count). The maximum atomic E-state index is 11.0. The molecular formula is C11H19NO2S. The minimum Gasteiger partial charge on any atom is -0.284 e. The lowest BCUT2D eigenvalue weighted by molar-refractivity contribution is 0.590. The molecule has 0 heterocycles. The molecule has 3 nitrogen and oxygen atoms in total. The van der Waals surface area contributed by atoms with E-state index in [0.717, 1.165) is 6.26 Å². The Labute approximate surface area is 93.1 Å². The molecule has 0 amide bonds. The van der Waals surface area contributed by atoms with Gasteiger partial charge in [-0.15, -0.1) is 0 Å². The van der Waals surface area contributed by atoms with Crippen LogP contribution in [0.4, 0.5) is 5.69 Å². The normalized spacial score (nSPS) is 12.5. The molecule has 0 aliphatic rings. The maximum absolute atomic E-state index is 11.0. The van der Waals surface area contributed by atoms with Crippen molar-refractivity contribution in [3.05, 3.63) is 29.8 Å². The number of nitrogens with one attached hydrogen (secondary N) is 1. The van der Waals surface area contributed by atoms with Crippen LogP contribution >= 0.6 is 0 Å². The lowest BCUT2D eigenvalue weighted by atomic mass is 9.87. The van der Waals surface area contributed by atoms with Crippen molar-refractivity contribution in [3.8, 4) is 0 Å². The Balaban J connectivity index is 0.00000225. The van der Waals surface area contributed by atoms with E-state index in [9.17, 15) is 8.42 Å². The quantitative estimate of drug-likeness (QED) is 0.847. The van der Waals surface area contributed by atoms with Gasteiger partial charge < -0.3 is 0 Å². The van der Waals surface area contributed by atoms with Crippen molar-refractivity contribution >= 4 is 15.7 Å². The Bertz CT molecular complexity index is 432. The average Bonchev–Trinajstić information content (AvgIpc) is 2.00. The minimum atomic E-state index is -3.18. The van der Waals surface area contributed by atoms with Gasteiger partial charge in [0.15, 0.2) is 0 Å². The fourth-order valence-electron chi connectivity index (χ4n) is 1.25. The van der Waals surface area contributed by atoms with Crippen molar-refractivity contribution in [1.29, 1.82) is 0 Å². The van der Waals surface area contributed by atoms with Crippen molar-refractivity contribution in [3.63, 3.8) is 0 Å². The molecule has 0 saturated carbocycles. The summed E-state index contributed by atoms with van der Waals surface area (Å²) in [5.41, 5.74) is 1.87. The third-order valence-electron chi connectivity index (χ3n) is 2.05. The van der Waals surface area contributed by atoms with E-state index in [1.807, 2.05) is 12.1 Å². The zero-order valence-corrected chi connectivity index (χ0v) is 10.4. The summed E-state index contributed by atoms with van der Waals surface area (Å²) in [6.07, 6.45) is 1.14. The lowest BCUT2D eigenvalue weighted by Crippen LogP contribution is -2.12. The molecule has 0 radical (unpaired) electrons. The molecule has 0 saturated heterocycles. The highest BCUT2D eigenvalue weighted by atomic mass is 32.2. The molecular weight excluding hydrogens is 210 g/mol. The van der Waals surface area contributed by atoms with Gasteiger partial charge in [0, 0.05) is 7.11 Å². The van der Waals surface area contributed by atoms with Crippen LogP contribution in [0.1, 0.15) is 27.8 Å². The number of benzene rings is 1. The Morgan fingerprint density at radius 3 is 1.93 bits per heavy atom. The molecule has 4 heteroatoms. The first-order chi connectivity index (χ1) is 6.68. The molecule has 0 aliphatic heterocycles. The van der Waals surface area contributed by atoms with Crippen LogP contribution in [0.2, 0.25) is 0 Å². The molecule has 0 atom stereocenters. The number of anilines is 1. The standard InChI is InChI=1S/C11H17NO2S.H2/c1-11(2,3)9-5-7-10(8-6-9)12-15(4,13)14;/h5-8,12H,1-4H3;1H. The second kappa shape index (κ2) is 3.85. The van der Waals surface area contributed by atoms with E-state index in [-0.39, 0.29) is 6.84 Å². The van der Waals surface area contributed by atoms with E-state index in [1.54, 1.807) is 12.1 Å². The van der Waals surface area contributed by atoms with Gasteiger partial charge in [-0.05, 0) is 23.1 Å². The molecule has 1 aromatic carbocycles. The van der Waals surface area contributed by atoms with Crippen molar-refractivity contribution < 1.29 is 9.84 Å². The van der Waals surface area contributed by atoms with E-state index >= 15 is 0 Å². The van der Waals surface area contributed by atoms with Crippen molar-refractivity contribution in [2.75, 3.05) is 11.0 Å². The van der Waals surface area contributed by atoms with Gasteiger partial charge in [-0.3, -0.25) is 4.72 Å². The number of hydrogen-bond acceptors (Lipinski definition) is 2. The van der Waals surface area contributed by atoms with Crippen LogP contribution in [0.15, 0.2) is 24.3 Å². The molecule has 0 bridgehead atoms. The zero-order valence-electron chi connectivity index (χ0n) is 9.53. The summed E-state index contributed by atoms with van der Waals surface area (Å²) in [4.78, 5) is 0. The second-order valence-electron chi connectivity index (χ2n) is 4.70. The van der Waals surface area contributed by atoms with Crippen LogP contribution in [0.5, 0.6) is 0 Å². The first-order valence-electron chi connectivity index (χ1n) is 4.77. The first-order valence-corrected chi connectivity index (χ1v) is 6.66. The van der Waals surface area contributed by atoms with Gasteiger partial charge >= 0.3 is 0 Å². The van der Waals surface area contributed by atoms with Crippen molar-refractivity contribution in [2.45, 2.75) is 26.2 Å². The second-order valence-corrected chi connectivity index (χ2v) is 6.45. The van der Waals surface area contributed by atoms with Gasteiger partial charge in [0.1, 0.15) is 0 Å². The van der Waals surface area contributed by atoms with E-state index in [1.165, 1.54) is 5.56 Å². The van der Waals surface area contributed by atoms with Gasteiger partial charge in [-0.25, -0.2) is 8.42 Å². The van der Waals surface area contributed by atoms with Gasteiger partial charge in [0.2, 0.25) is 10.0 Å². The SMILES string of the molecule is CC(C)(C)c1ccc(NS(C)(=O)=O)cc1.[HH]. The van der Waals surface area contributed by atoms with Crippen LogP contribution in [-0.4, -0.2) is 14.7 Å². The molecule has 1 aromatic rings. The molecule has 0 aliphatic carbocycles. The molecule has 15 heavy (non-hydrogen) atoms. The summed E-state index contributed by atoms with van der Waals surface area (Å²) in [5, 5.41) is 0. The molecule has 0 unspecified atom stereocenters. The number of rotatable bonds is 2. The third-order valence-corrected chi connectivity index (χ3v) is 2.66. The van der Waals surface area contributed by atoms with E-state index in [2.05, 4.69) is 25.5 Å². The summed E-state index contributed by atoms with van der Waals surface area (Å²) < 4.78 is 24.4. The van der Waals surface area contributed by atoms with Crippen LogP contribution in [0, 0.1) is 0 Å². The van der Waals surface area contributed by atoms with Gasteiger partial charge in [-0.1, -0.05) is 32.9 Å². The monoisotopic (exact) mass is 229 g/mol. The largest absolute Gasteiger partial charge is 0.284 e. The Hall–Kier alpha value is -1.03. The van der Waals surface area contributed by atoms with Crippen LogP contribution < -0.4 is 4.72 Å². The summed E-state index contributed by atoms with van der Waals surface area (Å²) >= 11 is 0. The summed E-state index contributed by atoms with van der Waals surface area (Å²) in [6, 6.07) is 7.43. The fraction of sp³-hybridized carbons (Fsp3) is 0.455. The molecule has 0 fully saturated rings. The minimum absolute atomic E-state index is 0. The first kappa shape index (κ1) is 12.0. The Morgan fingerprint density at radius 1 is 1.13 bits per heavy atom.